The molecule has 65 heavy (non-hydrogen) atoms. The molecule has 0 fully saturated rings. The summed E-state index contributed by atoms with van der Waals surface area (Å²) in [5.74, 6) is 2.45. The van der Waals surface area contributed by atoms with Crippen LogP contribution in [0.1, 0.15) is 52.2 Å². The van der Waals surface area contributed by atoms with Gasteiger partial charge in [-0.3, -0.25) is 4.57 Å². The Labute approximate surface area is 379 Å². The first-order valence-corrected chi connectivity index (χ1v) is 22.8. The number of hydrogen-bond donors (Lipinski definition) is 0. The summed E-state index contributed by atoms with van der Waals surface area (Å²) in [5.41, 5.74) is 15.5. The smallest absolute Gasteiger partial charge is 0.238 e. The van der Waals surface area contributed by atoms with Crippen LogP contribution in [0.3, 0.4) is 0 Å². The molecule has 0 radical (unpaired) electrons. The van der Waals surface area contributed by atoms with Crippen LogP contribution < -0.4 is 0 Å². The molecule has 1 atom stereocenters. The lowest BCUT2D eigenvalue weighted by Gasteiger charge is -2.46. The highest BCUT2D eigenvalue weighted by molar-refractivity contribution is 6.28. The van der Waals surface area contributed by atoms with Gasteiger partial charge in [0.25, 0.3) is 0 Å². The molecule has 5 heteroatoms. The van der Waals surface area contributed by atoms with Gasteiger partial charge >= 0.3 is 0 Å². The van der Waals surface area contributed by atoms with Crippen molar-refractivity contribution in [1.29, 1.82) is 0 Å². The molecule has 3 aromatic heterocycles. The normalized spacial score (nSPS) is 15.5. The maximum atomic E-state index is 5.28. The van der Waals surface area contributed by atoms with E-state index in [-0.39, 0.29) is 10.8 Å². The summed E-state index contributed by atoms with van der Waals surface area (Å²) in [5, 5.41) is 4.73. The highest BCUT2D eigenvalue weighted by Crippen LogP contribution is 2.50. The fourth-order valence-corrected chi connectivity index (χ4v) is 10.8. The van der Waals surface area contributed by atoms with Crippen LogP contribution >= 0.6 is 0 Å². The zero-order valence-electron chi connectivity index (χ0n) is 37.4. The zero-order chi connectivity index (χ0) is 44.0. The van der Waals surface area contributed by atoms with Gasteiger partial charge in [-0.25, -0.2) is 4.98 Å². The average molecular weight is 840 g/mol. The number of fused-ring (bicyclic) bond motifs is 8. The molecule has 0 aliphatic heterocycles. The number of rotatable bonds is 6. The van der Waals surface area contributed by atoms with Crippen LogP contribution in [0.25, 0.3) is 100 Å². The van der Waals surface area contributed by atoms with E-state index >= 15 is 0 Å². The number of hydrogen-bond acceptors (Lipinski definition) is 3. The molecule has 1 aliphatic carbocycles. The Morgan fingerprint density at radius 2 is 0.877 bits per heavy atom. The number of aromatic nitrogens is 5. The van der Waals surface area contributed by atoms with E-state index in [1.54, 1.807) is 0 Å². The van der Waals surface area contributed by atoms with Gasteiger partial charge in [-0.1, -0.05) is 186 Å². The van der Waals surface area contributed by atoms with E-state index < -0.39 is 0 Å². The van der Waals surface area contributed by atoms with E-state index in [0.717, 1.165) is 44.3 Å². The largest absolute Gasteiger partial charge is 0.309 e. The number of benzene rings is 8. The zero-order valence-corrected chi connectivity index (χ0v) is 37.4. The van der Waals surface area contributed by atoms with Crippen molar-refractivity contribution in [1.82, 2.24) is 24.1 Å². The van der Waals surface area contributed by atoms with Gasteiger partial charge in [0.15, 0.2) is 11.6 Å². The first-order valence-electron chi connectivity index (χ1n) is 22.8. The maximum absolute atomic E-state index is 5.28. The fraction of sp³-hybridized carbons (Fsp3) is 0.150. The molecule has 0 saturated carbocycles. The third kappa shape index (κ3) is 6.24. The van der Waals surface area contributed by atoms with E-state index in [0.29, 0.717) is 23.5 Å². The van der Waals surface area contributed by atoms with E-state index in [9.17, 15) is 0 Å². The molecular formula is C60H49N5. The standard InChI is InChI=1S/C60H49N5/c1-38-37-59(2,3)49-36-44(30-33-48(49)60(38,4)5)41-28-31-45(32-29-41)64-50-22-14-12-20-46(50)54-52(64)34-35-53-55(54)47-21-13-15-23-51(47)65(53)58-62-56(42-18-10-7-11-19-42)61-57(63-58)43-26-24-40(25-27-43)39-16-8-6-9-17-39/h6-36,38H,37H2,1-5H3. The molecule has 3 heterocycles. The second-order valence-electron chi connectivity index (χ2n) is 19.2. The summed E-state index contributed by atoms with van der Waals surface area (Å²) in [4.78, 5) is 15.6. The Morgan fingerprint density at radius 3 is 1.51 bits per heavy atom. The number of nitrogens with zero attached hydrogens (tertiary/aromatic N) is 5. The van der Waals surface area contributed by atoms with Crippen molar-refractivity contribution < 1.29 is 0 Å². The Morgan fingerprint density at radius 1 is 0.415 bits per heavy atom. The first-order chi connectivity index (χ1) is 31.6. The summed E-state index contributed by atoms with van der Waals surface area (Å²) in [6, 6.07) is 67.5. The summed E-state index contributed by atoms with van der Waals surface area (Å²) in [7, 11) is 0. The third-order valence-corrected chi connectivity index (χ3v) is 14.5. The predicted octanol–water partition coefficient (Wildman–Crippen LogP) is 15.3. The van der Waals surface area contributed by atoms with E-state index in [1.807, 2.05) is 24.3 Å². The quantitative estimate of drug-likeness (QED) is 0.168. The Hall–Kier alpha value is -7.63. The highest BCUT2D eigenvalue weighted by atomic mass is 15.2. The van der Waals surface area contributed by atoms with Crippen LogP contribution in [0.4, 0.5) is 0 Å². The van der Waals surface area contributed by atoms with Crippen molar-refractivity contribution in [2.45, 2.75) is 51.9 Å². The number of para-hydroxylation sites is 2. The predicted molar refractivity (Wildman–Crippen MR) is 270 cm³/mol. The van der Waals surface area contributed by atoms with Crippen LogP contribution in [0.5, 0.6) is 0 Å². The van der Waals surface area contributed by atoms with Crippen molar-refractivity contribution >= 4 is 43.6 Å². The molecule has 5 nitrogen and oxygen atoms in total. The van der Waals surface area contributed by atoms with Gasteiger partial charge in [0.05, 0.1) is 22.1 Å². The van der Waals surface area contributed by atoms with Crippen LogP contribution in [0, 0.1) is 5.92 Å². The first kappa shape index (κ1) is 39.0. The molecule has 0 spiro atoms. The van der Waals surface area contributed by atoms with Gasteiger partial charge < -0.3 is 4.57 Å². The summed E-state index contributed by atoms with van der Waals surface area (Å²) < 4.78 is 4.65. The second-order valence-corrected chi connectivity index (χ2v) is 19.2. The van der Waals surface area contributed by atoms with Gasteiger partial charge in [-0.15, -0.1) is 0 Å². The lowest BCUT2D eigenvalue weighted by molar-refractivity contribution is 0.233. The Bertz CT molecular complexity index is 3610. The molecule has 1 aliphatic rings. The minimum atomic E-state index is 0.128. The molecule has 314 valence electrons. The summed E-state index contributed by atoms with van der Waals surface area (Å²) in [6.07, 6.45) is 1.18. The molecule has 1 unspecified atom stereocenters. The van der Waals surface area contributed by atoms with E-state index in [1.165, 1.54) is 55.9 Å². The van der Waals surface area contributed by atoms with Gasteiger partial charge in [0.2, 0.25) is 5.95 Å². The molecule has 12 rings (SSSR count). The minimum Gasteiger partial charge on any atom is -0.309 e. The molecule has 0 N–H and O–H groups in total. The van der Waals surface area contributed by atoms with Crippen LogP contribution in [0.2, 0.25) is 0 Å². The van der Waals surface area contributed by atoms with Gasteiger partial charge in [-0.05, 0) is 92.9 Å². The SMILES string of the molecule is CC1CC(C)(C)c2cc(-c3ccc(-n4c5ccccc5c5c6c7ccccc7n(-c7nc(-c8ccccc8)nc(-c8ccc(-c9ccccc9)cc8)n7)c6ccc54)cc3)ccc2C1(C)C. The molecule has 8 aromatic carbocycles. The molecule has 0 saturated heterocycles. The minimum absolute atomic E-state index is 0.128. The van der Waals surface area contributed by atoms with Gasteiger partial charge in [0, 0.05) is 38.4 Å². The molecule has 11 aromatic rings. The monoisotopic (exact) mass is 839 g/mol. The third-order valence-electron chi connectivity index (χ3n) is 14.5. The van der Waals surface area contributed by atoms with Crippen molar-refractivity contribution in [3.8, 4) is 56.7 Å². The average Bonchev–Trinajstić information content (AvgIpc) is 3.87. The van der Waals surface area contributed by atoms with E-state index in [4.69, 9.17) is 15.0 Å². The Kier molecular flexibility index (Phi) is 8.83. The topological polar surface area (TPSA) is 48.5 Å². The van der Waals surface area contributed by atoms with Crippen molar-refractivity contribution in [2.75, 3.05) is 0 Å². The maximum Gasteiger partial charge on any atom is 0.238 e. The highest BCUT2D eigenvalue weighted by Gasteiger charge is 2.42. The summed E-state index contributed by atoms with van der Waals surface area (Å²) in [6.45, 7) is 12.1. The van der Waals surface area contributed by atoms with Crippen molar-refractivity contribution in [2.24, 2.45) is 5.92 Å². The van der Waals surface area contributed by atoms with Crippen LogP contribution in [0.15, 0.2) is 188 Å². The van der Waals surface area contributed by atoms with Gasteiger partial charge in [0.1, 0.15) is 0 Å². The summed E-state index contributed by atoms with van der Waals surface area (Å²) >= 11 is 0. The Balaban J connectivity index is 1.02. The van der Waals surface area contributed by atoms with E-state index in [2.05, 4.69) is 208 Å². The molecule has 0 bridgehead atoms. The second kappa shape index (κ2) is 14.7. The lowest BCUT2D eigenvalue weighted by atomic mass is 9.58. The fourth-order valence-electron chi connectivity index (χ4n) is 10.8. The van der Waals surface area contributed by atoms with Crippen LogP contribution in [-0.2, 0) is 10.8 Å². The molecule has 0 amide bonds. The van der Waals surface area contributed by atoms with Crippen molar-refractivity contribution in [3.63, 3.8) is 0 Å². The molecular weight excluding hydrogens is 791 g/mol. The van der Waals surface area contributed by atoms with Crippen molar-refractivity contribution in [3.05, 3.63) is 199 Å². The van der Waals surface area contributed by atoms with Crippen LogP contribution in [-0.4, -0.2) is 24.1 Å². The lowest BCUT2D eigenvalue weighted by Crippen LogP contribution is -2.40. The van der Waals surface area contributed by atoms with Gasteiger partial charge in [-0.2, -0.15) is 9.97 Å².